The zero-order valence-electron chi connectivity index (χ0n) is 8.81. The Morgan fingerprint density at radius 1 is 1.53 bits per heavy atom. The van der Waals surface area contributed by atoms with Crippen molar-refractivity contribution >= 4 is 34.5 Å². The average Bonchev–Trinajstić information content (AvgIpc) is 2.82. The first-order chi connectivity index (χ1) is 8.18. The average molecular weight is 268 g/mol. The van der Waals surface area contributed by atoms with Crippen LogP contribution in [0.2, 0.25) is 5.02 Å². The molecule has 1 heterocycles. The van der Waals surface area contributed by atoms with Crippen LogP contribution >= 0.6 is 22.9 Å². The number of nitrogens with two attached hydrogens (primary N) is 1. The van der Waals surface area contributed by atoms with Gasteiger partial charge in [-0.2, -0.15) is 0 Å². The number of thiazole rings is 1. The van der Waals surface area contributed by atoms with E-state index < -0.39 is 0 Å². The second kappa shape index (κ2) is 5.16. The molecule has 0 unspecified atom stereocenters. The van der Waals surface area contributed by atoms with E-state index in [1.807, 2.05) is 0 Å². The molecule has 0 fully saturated rings. The summed E-state index contributed by atoms with van der Waals surface area (Å²) in [6.45, 7) is 0.439. The van der Waals surface area contributed by atoms with E-state index in [0.29, 0.717) is 17.8 Å². The van der Waals surface area contributed by atoms with Gasteiger partial charge in [0.15, 0.2) is 0 Å². The summed E-state index contributed by atoms with van der Waals surface area (Å²) in [5.74, 6) is -0.240. The summed E-state index contributed by atoms with van der Waals surface area (Å²) < 4.78 is 0. The van der Waals surface area contributed by atoms with Crippen molar-refractivity contribution in [3.8, 4) is 0 Å². The lowest BCUT2D eigenvalue weighted by Crippen LogP contribution is -2.22. The van der Waals surface area contributed by atoms with Gasteiger partial charge in [-0.05, 0) is 12.1 Å². The highest BCUT2D eigenvalue weighted by molar-refractivity contribution is 7.09. The minimum absolute atomic E-state index is 0.240. The normalized spacial score (nSPS) is 10.2. The minimum atomic E-state index is -0.240. The number of carbonyl (C=O) groups excluding carboxylic acids is 1. The van der Waals surface area contributed by atoms with Crippen molar-refractivity contribution in [2.24, 2.45) is 0 Å². The van der Waals surface area contributed by atoms with Gasteiger partial charge in [-0.15, -0.1) is 11.3 Å². The number of hydrogen-bond acceptors (Lipinski definition) is 4. The van der Waals surface area contributed by atoms with Gasteiger partial charge >= 0.3 is 0 Å². The topological polar surface area (TPSA) is 68.0 Å². The van der Waals surface area contributed by atoms with Crippen molar-refractivity contribution < 1.29 is 4.79 Å². The summed E-state index contributed by atoms with van der Waals surface area (Å²) in [7, 11) is 0. The molecule has 0 spiro atoms. The number of nitrogens with one attached hydrogen (secondary N) is 1. The minimum Gasteiger partial charge on any atom is -0.398 e. The molecule has 0 saturated heterocycles. The zero-order valence-corrected chi connectivity index (χ0v) is 10.4. The summed E-state index contributed by atoms with van der Waals surface area (Å²) in [5.41, 5.74) is 8.13. The van der Waals surface area contributed by atoms with Crippen molar-refractivity contribution in [2.45, 2.75) is 6.54 Å². The Bertz CT molecular complexity index is 528. The van der Waals surface area contributed by atoms with E-state index in [2.05, 4.69) is 10.3 Å². The molecule has 0 bridgehead atoms. The first-order valence-corrected chi connectivity index (χ1v) is 6.14. The summed E-state index contributed by atoms with van der Waals surface area (Å²) in [5, 5.41) is 3.05. The molecule has 0 saturated carbocycles. The van der Waals surface area contributed by atoms with Crippen molar-refractivity contribution in [2.75, 3.05) is 5.73 Å². The van der Waals surface area contributed by atoms with Crippen LogP contribution in [0.4, 0.5) is 5.69 Å². The number of aromatic nitrogens is 1. The third-order valence-corrected chi connectivity index (χ3v) is 3.38. The maximum absolute atomic E-state index is 11.8. The molecule has 1 aromatic carbocycles. The van der Waals surface area contributed by atoms with Gasteiger partial charge in [0.1, 0.15) is 0 Å². The summed E-state index contributed by atoms with van der Waals surface area (Å²) in [4.78, 5) is 16.8. The Balaban J connectivity index is 2.07. The van der Waals surface area contributed by atoms with Crippen LogP contribution in [0.3, 0.4) is 0 Å². The lowest BCUT2D eigenvalue weighted by molar-refractivity contribution is 0.0951. The number of nitrogens with zero attached hydrogens (tertiary/aromatic N) is 1. The van der Waals surface area contributed by atoms with E-state index in [4.69, 9.17) is 17.3 Å². The lowest BCUT2D eigenvalue weighted by Gasteiger charge is -2.06. The van der Waals surface area contributed by atoms with Crippen LogP contribution < -0.4 is 11.1 Å². The number of rotatable bonds is 3. The van der Waals surface area contributed by atoms with E-state index in [9.17, 15) is 4.79 Å². The van der Waals surface area contributed by atoms with Gasteiger partial charge in [0.05, 0.1) is 28.3 Å². The molecular weight excluding hydrogens is 258 g/mol. The van der Waals surface area contributed by atoms with Gasteiger partial charge in [0.2, 0.25) is 0 Å². The predicted molar refractivity (Wildman–Crippen MR) is 69.1 cm³/mol. The fourth-order valence-corrected chi connectivity index (χ4v) is 2.06. The summed E-state index contributed by atoms with van der Waals surface area (Å²) in [6, 6.07) is 4.99. The zero-order chi connectivity index (χ0) is 12.3. The number of hydrogen-bond donors (Lipinski definition) is 2. The Morgan fingerprint density at radius 2 is 2.35 bits per heavy atom. The summed E-state index contributed by atoms with van der Waals surface area (Å²) >= 11 is 7.44. The first kappa shape index (κ1) is 11.9. The highest BCUT2D eigenvalue weighted by atomic mass is 35.5. The molecule has 17 heavy (non-hydrogen) atoms. The van der Waals surface area contributed by atoms with E-state index in [-0.39, 0.29) is 10.9 Å². The molecule has 88 valence electrons. The quantitative estimate of drug-likeness (QED) is 0.839. The molecule has 6 heteroatoms. The smallest absolute Gasteiger partial charge is 0.253 e. The SMILES string of the molecule is Nc1cccc(C(=O)NCc2cncs2)c1Cl. The number of amides is 1. The third-order valence-electron chi connectivity index (χ3n) is 2.18. The molecule has 0 radical (unpaired) electrons. The second-order valence-electron chi connectivity index (χ2n) is 3.36. The van der Waals surface area contributed by atoms with Crippen LogP contribution in [-0.4, -0.2) is 10.9 Å². The standard InChI is InChI=1S/C11H10ClN3OS/c12-10-8(2-1-3-9(10)13)11(16)15-5-7-4-14-6-17-7/h1-4,6H,5,13H2,(H,15,16). The van der Waals surface area contributed by atoms with Crippen molar-refractivity contribution in [3.63, 3.8) is 0 Å². The van der Waals surface area contributed by atoms with Gasteiger partial charge in [0, 0.05) is 11.1 Å². The van der Waals surface area contributed by atoms with E-state index in [0.717, 1.165) is 4.88 Å². The number of halogens is 1. The second-order valence-corrected chi connectivity index (χ2v) is 4.71. The molecular formula is C11H10ClN3OS. The molecule has 1 aromatic heterocycles. The maximum Gasteiger partial charge on any atom is 0.253 e. The van der Waals surface area contributed by atoms with Gasteiger partial charge < -0.3 is 11.1 Å². The fourth-order valence-electron chi connectivity index (χ4n) is 1.32. The Kier molecular flexibility index (Phi) is 3.61. The third kappa shape index (κ3) is 2.75. The molecule has 0 aliphatic rings. The summed E-state index contributed by atoms with van der Waals surface area (Å²) in [6.07, 6.45) is 1.71. The lowest BCUT2D eigenvalue weighted by atomic mass is 10.2. The van der Waals surface area contributed by atoms with Crippen LogP contribution in [-0.2, 0) is 6.54 Å². The van der Waals surface area contributed by atoms with Crippen LogP contribution in [0.25, 0.3) is 0 Å². The molecule has 0 aliphatic carbocycles. The van der Waals surface area contributed by atoms with Crippen molar-refractivity contribution in [3.05, 3.63) is 45.4 Å². The Labute approximate surface area is 107 Å². The molecule has 4 nitrogen and oxygen atoms in total. The largest absolute Gasteiger partial charge is 0.398 e. The van der Waals surface area contributed by atoms with E-state index in [1.165, 1.54) is 11.3 Å². The molecule has 0 aliphatic heterocycles. The van der Waals surface area contributed by atoms with Gasteiger partial charge in [-0.1, -0.05) is 17.7 Å². The van der Waals surface area contributed by atoms with Crippen molar-refractivity contribution in [1.29, 1.82) is 0 Å². The maximum atomic E-state index is 11.8. The van der Waals surface area contributed by atoms with Crippen LogP contribution in [0.5, 0.6) is 0 Å². The number of nitrogen functional groups attached to an aromatic ring is 1. The molecule has 3 N–H and O–H groups in total. The molecule has 0 atom stereocenters. The molecule has 2 aromatic rings. The first-order valence-electron chi connectivity index (χ1n) is 4.88. The van der Waals surface area contributed by atoms with Crippen LogP contribution in [0, 0.1) is 0 Å². The monoisotopic (exact) mass is 267 g/mol. The molecule has 2 rings (SSSR count). The molecule has 1 amide bonds. The highest BCUT2D eigenvalue weighted by Gasteiger charge is 2.11. The van der Waals surface area contributed by atoms with Crippen molar-refractivity contribution in [1.82, 2.24) is 10.3 Å². The Hall–Kier alpha value is -1.59. The Morgan fingerprint density at radius 3 is 3.06 bits per heavy atom. The number of anilines is 1. The van der Waals surface area contributed by atoms with Gasteiger partial charge in [-0.25, -0.2) is 0 Å². The number of benzene rings is 1. The number of carbonyl (C=O) groups is 1. The van der Waals surface area contributed by atoms with E-state index in [1.54, 1.807) is 29.9 Å². The fraction of sp³-hybridized carbons (Fsp3) is 0.0909. The highest BCUT2D eigenvalue weighted by Crippen LogP contribution is 2.22. The predicted octanol–water partition coefficient (Wildman–Crippen LogP) is 2.31. The van der Waals surface area contributed by atoms with E-state index >= 15 is 0 Å². The van der Waals surface area contributed by atoms with Crippen LogP contribution in [0.15, 0.2) is 29.9 Å². The van der Waals surface area contributed by atoms with Gasteiger partial charge in [0.25, 0.3) is 5.91 Å². The van der Waals surface area contributed by atoms with Gasteiger partial charge in [-0.3, -0.25) is 9.78 Å². The van der Waals surface area contributed by atoms with Crippen LogP contribution in [0.1, 0.15) is 15.2 Å².